The molecule has 72 valence electrons. The van der Waals surface area contributed by atoms with Crippen molar-refractivity contribution >= 4 is 23.9 Å². The smallest absolute Gasteiger partial charge is 0.321 e. The molecule has 0 fully saturated rings. The van der Waals surface area contributed by atoms with Crippen LogP contribution in [0, 0.1) is 0 Å². The van der Waals surface area contributed by atoms with Gasteiger partial charge in [-0.05, 0) is 12.1 Å². The van der Waals surface area contributed by atoms with Gasteiger partial charge in [0.15, 0.2) is 5.82 Å². The van der Waals surface area contributed by atoms with E-state index in [1.165, 1.54) is 0 Å². The number of anilines is 2. The Kier molecular flexibility index (Phi) is 2.02. The molecule has 0 aromatic carbocycles. The molecule has 0 aliphatic carbocycles. The minimum Gasteiger partial charge on any atom is -0.359 e. The highest BCUT2D eigenvalue weighted by Gasteiger charge is 2.25. The van der Waals surface area contributed by atoms with Crippen molar-refractivity contribution < 1.29 is 14.4 Å². The van der Waals surface area contributed by atoms with Crippen LogP contribution in [-0.2, 0) is 14.4 Å². The van der Waals surface area contributed by atoms with E-state index >= 15 is 0 Å². The van der Waals surface area contributed by atoms with Gasteiger partial charge in [0.05, 0.1) is 6.54 Å². The molecule has 0 atom stereocenters. The van der Waals surface area contributed by atoms with Crippen molar-refractivity contribution in [1.82, 2.24) is 4.98 Å². The highest BCUT2D eigenvalue weighted by atomic mass is 16.7. The van der Waals surface area contributed by atoms with Crippen molar-refractivity contribution in [2.75, 3.05) is 16.9 Å². The number of hydrogen-bond acceptors (Lipinski definition) is 5. The second-order valence-electron chi connectivity index (χ2n) is 2.61. The lowest BCUT2D eigenvalue weighted by Crippen LogP contribution is -2.39. The van der Waals surface area contributed by atoms with Crippen LogP contribution in [0.5, 0.6) is 0 Å². The standard InChI is InChI=1S/C8H7N3O3/c12-5-14-11-6-2-1-3-9-8(6)10-4-7(11)13/h1-3,5H,4H2,(H,9,10). The summed E-state index contributed by atoms with van der Waals surface area (Å²) in [6.45, 7) is 0.276. The van der Waals surface area contributed by atoms with Crippen LogP contribution in [0.1, 0.15) is 0 Å². The Labute approximate surface area is 79.4 Å². The van der Waals surface area contributed by atoms with Crippen molar-refractivity contribution in [2.24, 2.45) is 0 Å². The number of carbonyl (C=O) groups is 2. The van der Waals surface area contributed by atoms with Gasteiger partial charge in [0.1, 0.15) is 5.69 Å². The van der Waals surface area contributed by atoms with E-state index in [2.05, 4.69) is 15.1 Å². The topological polar surface area (TPSA) is 71.5 Å². The van der Waals surface area contributed by atoms with E-state index in [1.54, 1.807) is 18.3 Å². The molecular weight excluding hydrogens is 186 g/mol. The zero-order valence-corrected chi connectivity index (χ0v) is 7.14. The molecule has 1 aliphatic heterocycles. The lowest BCUT2D eigenvalue weighted by molar-refractivity contribution is -0.138. The zero-order chi connectivity index (χ0) is 9.97. The summed E-state index contributed by atoms with van der Waals surface area (Å²) in [7, 11) is 0. The molecule has 6 heteroatoms. The Morgan fingerprint density at radius 1 is 1.64 bits per heavy atom. The molecule has 2 heterocycles. The second kappa shape index (κ2) is 3.33. The van der Waals surface area contributed by atoms with Gasteiger partial charge in [0, 0.05) is 6.20 Å². The Morgan fingerprint density at radius 2 is 2.50 bits per heavy atom. The third kappa shape index (κ3) is 1.26. The van der Waals surface area contributed by atoms with E-state index in [0.717, 1.165) is 5.06 Å². The summed E-state index contributed by atoms with van der Waals surface area (Å²) in [5.41, 5.74) is 0.441. The summed E-state index contributed by atoms with van der Waals surface area (Å²) in [4.78, 5) is 30.0. The van der Waals surface area contributed by atoms with Gasteiger partial charge < -0.3 is 10.2 Å². The first-order valence-electron chi connectivity index (χ1n) is 3.95. The van der Waals surface area contributed by atoms with E-state index in [-0.39, 0.29) is 18.9 Å². The number of pyridine rings is 1. The third-order valence-electron chi connectivity index (χ3n) is 1.79. The average Bonchev–Trinajstić information content (AvgIpc) is 2.23. The molecule has 1 aromatic heterocycles. The zero-order valence-electron chi connectivity index (χ0n) is 7.14. The number of hydroxylamine groups is 1. The minimum atomic E-state index is -0.336. The first-order valence-corrected chi connectivity index (χ1v) is 3.95. The summed E-state index contributed by atoms with van der Waals surface area (Å²) in [6.07, 6.45) is 1.58. The fraction of sp³-hybridized carbons (Fsp3) is 0.125. The molecule has 0 unspecified atom stereocenters. The fourth-order valence-electron chi connectivity index (χ4n) is 1.22. The molecule has 0 bridgehead atoms. The number of hydrogen-bond donors (Lipinski definition) is 1. The van der Waals surface area contributed by atoms with Gasteiger partial charge in [-0.2, -0.15) is 0 Å². The molecule has 0 saturated carbocycles. The Hall–Kier alpha value is -2.11. The third-order valence-corrected chi connectivity index (χ3v) is 1.79. The van der Waals surface area contributed by atoms with Gasteiger partial charge in [-0.3, -0.25) is 9.59 Å². The highest BCUT2D eigenvalue weighted by Crippen LogP contribution is 2.26. The van der Waals surface area contributed by atoms with Crippen LogP contribution in [0.4, 0.5) is 11.5 Å². The number of nitrogens with zero attached hydrogens (tertiary/aromatic N) is 2. The number of carbonyl (C=O) groups excluding carboxylic acids is 2. The molecule has 1 N–H and O–H groups in total. The molecule has 6 nitrogen and oxygen atoms in total. The fourth-order valence-corrected chi connectivity index (χ4v) is 1.22. The number of rotatable bonds is 2. The first kappa shape index (κ1) is 8.49. The van der Waals surface area contributed by atoms with Crippen LogP contribution < -0.4 is 10.4 Å². The first-order chi connectivity index (χ1) is 6.83. The highest BCUT2D eigenvalue weighted by molar-refractivity contribution is 6.00. The van der Waals surface area contributed by atoms with Crippen LogP contribution in [0.3, 0.4) is 0 Å². The van der Waals surface area contributed by atoms with Gasteiger partial charge in [-0.1, -0.05) is 0 Å². The van der Waals surface area contributed by atoms with Crippen molar-refractivity contribution in [3.63, 3.8) is 0 Å². The molecule has 2 rings (SSSR count). The average molecular weight is 193 g/mol. The largest absolute Gasteiger partial charge is 0.359 e. The Balaban J connectivity index is 2.40. The molecule has 0 radical (unpaired) electrons. The van der Waals surface area contributed by atoms with E-state index in [0.29, 0.717) is 11.5 Å². The van der Waals surface area contributed by atoms with E-state index < -0.39 is 0 Å². The predicted molar refractivity (Wildman–Crippen MR) is 47.4 cm³/mol. The van der Waals surface area contributed by atoms with Gasteiger partial charge >= 0.3 is 6.47 Å². The molecule has 1 aromatic rings. The number of amides is 1. The van der Waals surface area contributed by atoms with Gasteiger partial charge in [-0.25, -0.2) is 4.98 Å². The summed E-state index contributed by atoms with van der Waals surface area (Å²) in [5, 5.41) is 3.72. The molecule has 1 aliphatic rings. The van der Waals surface area contributed by atoms with Crippen molar-refractivity contribution in [3.05, 3.63) is 18.3 Å². The number of nitrogens with one attached hydrogen (secondary N) is 1. The van der Waals surface area contributed by atoms with Crippen molar-refractivity contribution in [3.8, 4) is 0 Å². The maximum Gasteiger partial charge on any atom is 0.321 e. The Bertz CT molecular complexity index is 380. The summed E-state index contributed by atoms with van der Waals surface area (Å²) in [6, 6.07) is 3.29. The van der Waals surface area contributed by atoms with Crippen molar-refractivity contribution in [2.45, 2.75) is 0 Å². The van der Waals surface area contributed by atoms with E-state index in [4.69, 9.17) is 0 Å². The Morgan fingerprint density at radius 3 is 3.29 bits per heavy atom. The normalized spacial score (nSPS) is 14.3. The van der Waals surface area contributed by atoms with Gasteiger partial charge in [0.25, 0.3) is 5.91 Å². The van der Waals surface area contributed by atoms with Crippen molar-refractivity contribution in [1.29, 1.82) is 0 Å². The maximum atomic E-state index is 11.3. The SMILES string of the molecule is O=CON1C(=O)CNc2ncccc21. The lowest BCUT2D eigenvalue weighted by atomic mass is 10.3. The van der Waals surface area contributed by atoms with Crippen LogP contribution in [-0.4, -0.2) is 23.9 Å². The number of aromatic nitrogens is 1. The molecular formula is C8H7N3O3. The van der Waals surface area contributed by atoms with Gasteiger partial charge in [-0.15, -0.1) is 5.06 Å². The molecule has 0 saturated heterocycles. The van der Waals surface area contributed by atoms with E-state index in [9.17, 15) is 9.59 Å². The van der Waals surface area contributed by atoms with Crippen LogP contribution >= 0.6 is 0 Å². The van der Waals surface area contributed by atoms with Gasteiger partial charge in [0.2, 0.25) is 0 Å². The summed E-state index contributed by atoms with van der Waals surface area (Å²) < 4.78 is 0. The van der Waals surface area contributed by atoms with Crippen LogP contribution in [0.25, 0.3) is 0 Å². The minimum absolute atomic E-state index is 0.0673. The monoisotopic (exact) mass is 193 g/mol. The summed E-state index contributed by atoms with van der Waals surface area (Å²) in [5.74, 6) is 0.187. The molecule has 0 spiro atoms. The molecule has 14 heavy (non-hydrogen) atoms. The quantitative estimate of drug-likeness (QED) is 0.665. The second-order valence-corrected chi connectivity index (χ2v) is 2.61. The number of fused-ring (bicyclic) bond motifs is 1. The van der Waals surface area contributed by atoms with Crippen LogP contribution in [0.2, 0.25) is 0 Å². The summed E-state index contributed by atoms with van der Waals surface area (Å²) >= 11 is 0. The molecule has 1 amide bonds. The predicted octanol–water partition coefficient (Wildman–Crippen LogP) is -0.0719. The maximum absolute atomic E-state index is 11.3. The van der Waals surface area contributed by atoms with E-state index in [1.807, 2.05) is 0 Å². The lowest BCUT2D eigenvalue weighted by Gasteiger charge is -2.25. The van der Waals surface area contributed by atoms with Crippen LogP contribution in [0.15, 0.2) is 18.3 Å².